The quantitative estimate of drug-likeness (QED) is 0.489. The number of fused-ring (bicyclic) bond motifs is 2. The lowest BCUT2D eigenvalue weighted by Crippen LogP contribution is -2.42. The van der Waals surface area contributed by atoms with Crippen molar-refractivity contribution in [2.45, 2.75) is 44.5 Å². The summed E-state index contributed by atoms with van der Waals surface area (Å²) in [7, 11) is 0. The van der Waals surface area contributed by atoms with Gasteiger partial charge >= 0.3 is 0 Å². The van der Waals surface area contributed by atoms with Gasteiger partial charge in [-0.25, -0.2) is 4.98 Å². The number of amides is 1. The zero-order valence-electron chi connectivity index (χ0n) is 19.7. The van der Waals surface area contributed by atoms with Crippen molar-refractivity contribution >= 4 is 11.6 Å². The van der Waals surface area contributed by atoms with E-state index in [1.807, 2.05) is 16.7 Å². The number of benzene rings is 2. The van der Waals surface area contributed by atoms with E-state index in [1.165, 1.54) is 11.1 Å². The molecule has 0 spiro atoms. The smallest absolute Gasteiger partial charge is 0.271 e. The number of β-amino-alcohol motifs (C(OH)–C–C–N with tert-alkyl or cyclic N) is 1. The highest BCUT2D eigenvalue weighted by Gasteiger charge is 2.23. The van der Waals surface area contributed by atoms with Crippen molar-refractivity contribution in [3.8, 4) is 6.07 Å². The molecular formula is C27H30N6O2. The van der Waals surface area contributed by atoms with Gasteiger partial charge in [-0.2, -0.15) is 5.26 Å². The van der Waals surface area contributed by atoms with Crippen LogP contribution in [-0.2, 0) is 25.9 Å². The first-order valence-corrected chi connectivity index (χ1v) is 12.2. The summed E-state index contributed by atoms with van der Waals surface area (Å²) in [6.45, 7) is 3.17. The molecule has 8 heteroatoms. The fourth-order valence-electron chi connectivity index (χ4n) is 4.92. The summed E-state index contributed by atoms with van der Waals surface area (Å²) in [6, 6.07) is 18.2. The van der Waals surface area contributed by atoms with Crippen LogP contribution in [0, 0.1) is 11.3 Å². The monoisotopic (exact) mass is 470 g/mol. The van der Waals surface area contributed by atoms with Crippen molar-refractivity contribution in [3.63, 3.8) is 0 Å². The van der Waals surface area contributed by atoms with E-state index in [0.717, 1.165) is 43.9 Å². The SMILES string of the molecule is N#Cc1ccc(NC2CCc3nc(C(=O)NC[C@H](O)CN4CCc5ccccc5C4)cn3C2)cc1. The molecule has 0 saturated carbocycles. The molecule has 2 atom stereocenters. The second kappa shape index (κ2) is 10.3. The number of hydrogen-bond donors (Lipinski definition) is 3. The highest BCUT2D eigenvalue weighted by atomic mass is 16.3. The van der Waals surface area contributed by atoms with Crippen LogP contribution in [0.3, 0.4) is 0 Å². The highest BCUT2D eigenvalue weighted by molar-refractivity contribution is 5.92. The van der Waals surface area contributed by atoms with Crippen molar-refractivity contribution < 1.29 is 9.90 Å². The third kappa shape index (κ3) is 5.53. The van der Waals surface area contributed by atoms with Crippen molar-refractivity contribution in [2.75, 3.05) is 25.0 Å². The maximum absolute atomic E-state index is 12.7. The van der Waals surface area contributed by atoms with Crippen LogP contribution in [0.4, 0.5) is 5.69 Å². The number of hydrogen-bond acceptors (Lipinski definition) is 6. The van der Waals surface area contributed by atoms with Crippen molar-refractivity contribution in [2.24, 2.45) is 0 Å². The fraction of sp³-hybridized carbons (Fsp3) is 0.370. The lowest BCUT2D eigenvalue weighted by atomic mass is 10.00. The van der Waals surface area contributed by atoms with E-state index in [4.69, 9.17) is 5.26 Å². The molecule has 0 aliphatic carbocycles. The van der Waals surface area contributed by atoms with Gasteiger partial charge in [0.15, 0.2) is 0 Å². The Morgan fingerprint density at radius 3 is 2.77 bits per heavy atom. The topological polar surface area (TPSA) is 106 Å². The summed E-state index contributed by atoms with van der Waals surface area (Å²) in [5.74, 6) is 0.645. The molecule has 0 radical (unpaired) electrons. The lowest BCUT2D eigenvalue weighted by Gasteiger charge is -2.30. The number of anilines is 1. The van der Waals surface area contributed by atoms with Crippen LogP contribution in [-0.4, -0.2) is 57.2 Å². The van der Waals surface area contributed by atoms with E-state index >= 15 is 0 Å². The van der Waals surface area contributed by atoms with Crippen LogP contribution in [0.5, 0.6) is 0 Å². The van der Waals surface area contributed by atoms with Gasteiger partial charge in [0.1, 0.15) is 11.5 Å². The molecular weight excluding hydrogens is 440 g/mol. The van der Waals surface area contributed by atoms with E-state index in [9.17, 15) is 9.90 Å². The molecule has 1 unspecified atom stereocenters. The van der Waals surface area contributed by atoms with E-state index in [0.29, 0.717) is 24.3 Å². The minimum atomic E-state index is -0.637. The Bertz CT molecular complexity index is 1230. The number of aliphatic hydroxyl groups excluding tert-OH is 1. The van der Waals surface area contributed by atoms with Gasteiger partial charge in [-0.05, 0) is 48.2 Å². The number of rotatable bonds is 7. The number of carbonyl (C=O) groups excluding carboxylic acids is 1. The van der Waals surface area contributed by atoms with Gasteiger partial charge in [-0.15, -0.1) is 0 Å². The summed E-state index contributed by atoms with van der Waals surface area (Å²) >= 11 is 0. The highest BCUT2D eigenvalue weighted by Crippen LogP contribution is 2.20. The molecule has 2 aliphatic rings. The molecule has 1 aromatic heterocycles. The van der Waals surface area contributed by atoms with Crippen LogP contribution < -0.4 is 10.6 Å². The summed E-state index contributed by atoms with van der Waals surface area (Å²) in [4.78, 5) is 19.5. The molecule has 1 amide bonds. The molecule has 3 aromatic rings. The summed E-state index contributed by atoms with van der Waals surface area (Å²) in [5.41, 5.74) is 4.69. The molecule has 0 saturated heterocycles. The molecule has 2 aliphatic heterocycles. The molecule has 8 nitrogen and oxygen atoms in total. The molecule has 3 heterocycles. The second-order valence-corrected chi connectivity index (χ2v) is 9.38. The molecule has 0 bridgehead atoms. The fourth-order valence-corrected chi connectivity index (χ4v) is 4.92. The Kier molecular flexibility index (Phi) is 6.80. The predicted molar refractivity (Wildman–Crippen MR) is 133 cm³/mol. The Hall–Kier alpha value is -3.67. The number of aromatic nitrogens is 2. The number of aliphatic hydroxyl groups is 1. The average Bonchev–Trinajstić information content (AvgIpc) is 3.31. The molecule has 0 fully saturated rings. The number of nitrogens with one attached hydrogen (secondary N) is 2. The Labute approximate surface area is 205 Å². The summed E-state index contributed by atoms with van der Waals surface area (Å²) in [5, 5.41) is 25.8. The van der Waals surface area contributed by atoms with Crippen LogP contribution in [0.2, 0.25) is 0 Å². The van der Waals surface area contributed by atoms with E-state index in [2.05, 4.69) is 50.9 Å². The van der Waals surface area contributed by atoms with Crippen molar-refractivity contribution in [1.82, 2.24) is 19.8 Å². The maximum Gasteiger partial charge on any atom is 0.271 e. The third-order valence-electron chi connectivity index (χ3n) is 6.79. The number of imidazole rings is 1. The van der Waals surface area contributed by atoms with Gasteiger partial charge in [0.2, 0.25) is 0 Å². The van der Waals surface area contributed by atoms with Crippen molar-refractivity contribution in [1.29, 1.82) is 5.26 Å². The lowest BCUT2D eigenvalue weighted by molar-refractivity contribution is 0.0838. The van der Waals surface area contributed by atoms with Gasteiger partial charge in [-0.3, -0.25) is 9.69 Å². The first-order valence-electron chi connectivity index (χ1n) is 12.2. The van der Waals surface area contributed by atoms with Crippen LogP contribution in [0.15, 0.2) is 54.7 Å². The number of nitrogens with zero attached hydrogens (tertiary/aromatic N) is 4. The number of carbonyl (C=O) groups is 1. The zero-order chi connectivity index (χ0) is 24.2. The van der Waals surface area contributed by atoms with Crippen LogP contribution in [0.1, 0.15) is 39.4 Å². The van der Waals surface area contributed by atoms with E-state index < -0.39 is 6.10 Å². The van der Waals surface area contributed by atoms with Gasteiger partial charge < -0.3 is 20.3 Å². The largest absolute Gasteiger partial charge is 0.390 e. The second-order valence-electron chi connectivity index (χ2n) is 9.38. The average molecular weight is 471 g/mol. The first-order chi connectivity index (χ1) is 17.1. The zero-order valence-corrected chi connectivity index (χ0v) is 19.7. The Balaban J connectivity index is 1.11. The summed E-state index contributed by atoms with van der Waals surface area (Å²) in [6.07, 6.45) is 3.83. The minimum absolute atomic E-state index is 0.196. The van der Waals surface area contributed by atoms with Crippen LogP contribution >= 0.6 is 0 Å². The van der Waals surface area contributed by atoms with E-state index in [1.54, 1.807) is 18.3 Å². The summed E-state index contributed by atoms with van der Waals surface area (Å²) < 4.78 is 2.03. The Morgan fingerprint density at radius 1 is 1.17 bits per heavy atom. The number of nitriles is 1. The van der Waals surface area contributed by atoms with Gasteiger partial charge in [0.25, 0.3) is 5.91 Å². The predicted octanol–water partition coefficient (Wildman–Crippen LogP) is 2.33. The number of aryl methyl sites for hydroxylation is 1. The standard InChI is InChI=1S/C27H30N6O2/c28-13-19-5-7-22(8-6-19)30-23-9-10-26-31-25(18-33(26)16-23)27(35)29-14-24(34)17-32-12-11-20-3-1-2-4-21(20)15-32/h1-8,18,23-24,30,34H,9-12,14-17H2,(H,29,35)/t23?,24-/m0/s1. The van der Waals surface area contributed by atoms with Gasteiger partial charge in [0.05, 0.1) is 17.7 Å². The van der Waals surface area contributed by atoms with E-state index in [-0.39, 0.29) is 18.5 Å². The minimum Gasteiger partial charge on any atom is -0.390 e. The normalized spacial score (nSPS) is 18.1. The third-order valence-corrected chi connectivity index (χ3v) is 6.79. The molecule has 35 heavy (non-hydrogen) atoms. The molecule has 2 aromatic carbocycles. The maximum atomic E-state index is 12.7. The molecule has 180 valence electrons. The van der Waals surface area contributed by atoms with Gasteiger partial charge in [0, 0.05) is 57.1 Å². The van der Waals surface area contributed by atoms with Crippen molar-refractivity contribution in [3.05, 3.63) is 82.9 Å². The van der Waals surface area contributed by atoms with Gasteiger partial charge in [-0.1, -0.05) is 24.3 Å². The Morgan fingerprint density at radius 2 is 1.97 bits per heavy atom. The van der Waals surface area contributed by atoms with Crippen LogP contribution in [0.25, 0.3) is 0 Å². The molecule has 5 rings (SSSR count). The first kappa shape index (κ1) is 23.1. The molecule has 3 N–H and O–H groups in total.